The third-order valence-electron chi connectivity index (χ3n) is 3.14. The predicted molar refractivity (Wildman–Crippen MR) is 75.4 cm³/mol. The van der Waals surface area contributed by atoms with Crippen molar-refractivity contribution < 1.29 is 13.5 Å². The molecule has 0 bridgehead atoms. The lowest BCUT2D eigenvalue weighted by Gasteiger charge is -2.25. The molecule has 1 aliphatic rings. The van der Waals surface area contributed by atoms with E-state index in [2.05, 4.69) is 16.8 Å². The van der Waals surface area contributed by atoms with Gasteiger partial charge in [0.15, 0.2) is 0 Å². The number of nitrogens with zero attached hydrogens (tertiary/aromatic N) is 2. The van der Waals surface area contributed by atoms with Crippen molar-refractivity contribution in [2.75, 3.05) is 19.7 Å². The first kappa shape index (κ1) is 15.0. The quantitative estimate of drug-likeness (QED) is 0.844. The summed E-state index contributed by atoms with van der Waals surface area (Å²) < 4.78 is 26.4. The van der Waals surface area contributed by atoms with E-state index in [-0.39, 0.29) is 11.5 Å². The highest BCUT2D eigenvalue weighted by molar-refractivity contribution is 7.89. The maximum atomic E-state index is 12.5. The van der Waals surface area contributed by atoms with Crippen LogP contribution in [0.2, 0.25) is 0 Å². The van der Waals surface area contributed by atoms with E-state index >= 15 is 0 Å². The Labute approximate surface area is 119 Å². The Morgan fingerprint density at radius 3 is 2.70 bits per heavy atom. The van der Waals surface area contributed by atoms with Crippen molar-refractivity contribution in [1.82, 2.24) is 9.29 Å². The van der Waals surface area contributed by atoms with Crippen LogP contribution in [0.3, 0.4) is 0 Å². The molecule has 2 rings (SSSR count). The molecule has 0 aromatic carbocycles. The van der Waals surface area contributed by atoms with E-state index in [4.69, 9.17) is 5.11 Å². The average Bonchev–Trinajstić information content (AvgIpc) is 2.49. The fourth-order valence-electron chi connectivity index (χ4n) is 2.10. The molecule has 0 atom stereocenters. The van der Waals surface area contributed by atoms with Crippen LogP contribution in [-0.4, -0.2) is 42.5 Å². The fraction of sp³-hybridized carbons (Fsp3) is 0.500. The molecular weight excluding hydrogens is 276 g/mol. The number of hydrogen-bond donors (Lipinski definition) is 1. The minimum absolute atomic E-state index is 0.00774. The molecule has 108 valence electrons. The van der Waals surface area contributed by atoms with Crippen molar-refractivity contribution >= 4 is 10.0 Å². The number of piperidine rings is 1. The van der Waals surface area contributed by atoms with Crippen LogP contribution in [-0.2, 0) is 10.0 Å². The van der Waals surface area contributed by atoms with Gasteiger partial charge in [0, 0.05) is 37.5 Å². The second kappa shape index (κ2) is 6.84. The number of aliphatic hydroxyl groups is 1. The normalized spacial score (nSPS) is 16.4. The molecule has 1 N–H and O–H groups in total. The number of aliphatic hydroxyl groups excluding tert-OH is 1. The van der Waals surface area contributed by atoms with E-state index in [0.29, 0.717) is 25.1 Å². The first-order valence-corrected chi connectivity index (χ1v) is 8.13. The Morgan fingerprint density at radius 1 is 1.25 bits per heavy atom. The topological polar surface area (TPSA) is 70.5 Å². The van der Waals surface area contributed by atoms with Gasteiger partial charge in [0.1, 0.15) is 4.90 Å². The summed E-state index contributed by atoms with van der Waals surface area (Å²) in [5.41, 5.74) is 0.552. The molecule has 1 aromatic rings. The lowest BCUT2D eigenvalue weighted by Crippen LogP contribution is -2.35. The zero-order valence-electron chi connectivity index (χ0n) is 11.2. The largest absolute Gasteiger partial charge is 0.395 e. The number of rotatable bonds is 3. The Balaban J connectivity index is 2.23. The van der Waals surface area contributed by atoms with Crippen molar-refractivity contribution in [3.8, 4) is 11.8 Å². The van der Waals surface area contributed by atoms with Crippen LogP contribution in [0.4, 0.5) is 0 Å². The Bertz CT molecular complexity index is 611. The van der Waals surface area contributed by atoms with Crippen molar-refractivity contribution in [3.63, 3.8) is 0 Å². The summed E-state index contributed by atoms with van der Waals surface area (Å²) in [4.78, 5) is 4.14. The van der Waals surface area contributed by atoms with E-state index in [1.807, 2.05) is 0 Å². The molecule has 1 aliphatic heterocycles. The Kier molecular flexibility index (Phi) is 5.12. The van der Waals surface area contributed by atoms with Gasteiger partial charge in [-0.1, -0.05) is 18.3 Å². The van der Waals surface area contributed by atoms with Crippen LogP contribution >= 0.6 is 0 Å². The highest BCUT2D eigenvalue weighted by Gasteiger charge is 2.26. The summed E-state index contributed by atoms with van der Waals surface area (Å²) in [6.45, 7) is 1.14. The van der Waals surface area contributed by atoms with E-state index in [1.165, 1.54) is 16.7 Å². The van der Waals surface area contributed by atoms with E-state index in [9.17, 15) is 8.42 Å². The average molecular weight is 294 g/mol. The molecule has 0 radical (unpaired) electrons. The number of pyridine rings is 1. The minimum atomic E-state index is -3.46. The molecule has 0 unspecified atom stereocenters. The van der Waals surface area contributed by atoms with Gasteiger partial charge < -0.3 is 5.11 Å². The van der Waals surface area contributed by atoms with Gasteiger partial charge in [0.2, 0.25) is 10.0 Å². The molecule has 0 saturated carbocycles. The highest BCUT2D eigenvalue weighted by atomic mass is 32.2. The Morgan fingerprint density at radius 2 is 2.00 bits per heavy atom. The van der Waals surface area contributed by atoms with Gasteiger partial charge in [0.25, 0.3) is 0 Å². The fourth-order valence-corrected chi connectivity index (χ4v) is 3.61. The van der Waals surface area contributed by atoms with Crippen LogP contribution in [0.1, 0.15) is 31.2 Å². The number of sulfonamides is 1. The summed E-state index contributed by atoms with van der Waals surface area (Å²) in [5.74, 6) is 5.57. The predicted octanol–water partition coefficient (Wildman–Crippen LogP) is 0.990. The molecule has 2 heterocycles. The zero-order valence-corrected chi connectivity index (χ0v) is 12.1. The molecule has 5 nitrogen and oxygen atoms in total. The van der Waals surface area contributed by atoms with Gasteiger partial charge in [-0.2, -0.15) is 4.31 Å². The third-order valence-corrected chi connectivity index (χ3v) is 5.00. The molecule has 1 aromatic heterocycles. The summed E-state index contributed by atoms with van der Waals surface area (Å²) in [6, 6.07) is 1.54. The van der Waals surface area contributed by atoms with Gasteiger partial charge in [-0.15, -0.1) is 0 Å². The van der Waals surface area contributed by atoms with Crippen molar-refractivity contribution in [1.29, 1.82) is 0 Å². The van der Waals surface area contributed by atoms with E-state index in [0.717, 1.165) is 19.3 Å². The van der Waals surface area contributed by atoms with E-state index in [1.54, 1.807) is 6.07 Å². The number of hydrogen-bond acceptors (Lipinski definition) is 4. The van der Waals surface area contributed by atoms with Crippen molar-refractivity contribution in [2.24, 2.45) is 0 Å². The van der Waals surface area contributed by atoms with Gasteiger partial charge in [-0.3, -0.25) is 4.98 Å². The van der Waals surface area contributed by atoms with Gasteiger partial charge >= 0.3 is 0 Å². The molecule has 6 heteroatoms. The van der Waals surface area contributed by atoms with Crippen LogP contribution in [0, 0.1) is 11.8 Å². The second-order valence-corrected chi connectivity index (χ2v) is 6.59. The van der Waals surface area contributed by atoms with Crippen LogP contribution in [0.15, 0.2) is 23.4 Å². The second-order valence-electron chi connectivity index (χ2n) is 4.65. The number of aromatic nitrogens is 1. The first-order valence-electron chi connectivity index (χ1n) is 6.69. The highest BCUT2D eigenvalue weighted by Crippen LogP contribution is 2.20. The molecule has 0 amide bonds. The summed E-state index contributed by atoms with van der Waals surface area (Å²) in [7, 11) is -3.46. The van der Waals surface area contributed by atoms with Gasteiger partial charge in [-0.25, -0.2) is 8.42 Å². The molecule has 1 saturated heterocycles. The zero-order chi connectivity index (χ0) is 14.4. The Hall–Kier alpha value is -1.42. The van der Waals surface area contributed by atoms with Crippen LogP contribution in [0.25, 0.3) is 0 Å². The molecule has 20 heavy (non-hydrogen) atoms. The SMILES string of the molecule is O=S(=O)(c1cncc(C#CCCO)c1)N1CCCCC1. The van der Waals surface area contributed by atoms with Gasteiger partial charge in [-0.05, 0) is 18.9 Å². The smallest absolute Gasteiger partial charge is 0.244 e. The summed E-state index contributed by atoms with van der Waals surface area (Å²) in [5, 5.41) is 8.68. The maximum Gasteiger partial charge on any atom is 0.244 e. The maximum absolute atomic E-state index is 12.5. The van der Waals surface area contributed by atoms with E-state index < -0.39 is 10.0 Å². The lowest BCUT2D eigenvalue weighted by molar-refractivity contribution is 0.305. The van der Waals surface area contributed by atoms with Gasteiger partial charge in [0.05, 0.1) is 6.61 Å². The minimum Gasteiger partial charge on any atom is -0.395 e. The molecule has 0 aliphatic carbocycles. The first-order chi connectivity index (χ1) is 9.64. The van der Waals surface area contributed by atoms with Crippen molar-refractivity contribution in [3.05, 3.63) is 24.0 Å². The van der Waals surface area contributed by atoms with Crippen LogP contribution < -0.4 is 0 Å². The molecule has 0 spiro atoms. The molecular formula is C14H18N2O3S. The third kappa shape index (κ3) is 3.57. The monoisotopic (exact) mass is 294 g/mol. The summed E-state index contributed by atoms with van der Waals surface area (Å²) in [6.07, 6.45) is 6.14. The van der Waals surface area contributed by atoms with Crippen LogP contribution in [0.5, 0.6) is 0 Å². The lowest BCUT2D eigenvalue weighted by atomic mass is 10.2. The van der Waals surface area contributed by atoms with Crippen molar-refractivity contribution in [2.45, 2.75) is 30.6 Å². The summed E-state index contributed by atoms with van der Waals surface area (Å²) >= 11 is 0. The standard InChI is InChI=1S/C14H18N2O3S/c17-9-5-2-6-13-10-14(12-15-11-13)20(18,19)16-7-3-1-4-8-16/h10-12,17H,1,3-5,7-9H2. The molecule has 1 fully saturated rings.